The molecule has 10 heteroatoms. The van der Waals surface area contributed by atoms with Crippen LogP contribution in [0.2, 0.25) is 0 Å². The molecular formula is C31H28FN3O6. The van der Waals surface area contributed by atoms with Gasteiger partial charge in [0.05, 0.1) is 27.2 Å². The van der Waals surface area contributed by atoms with Crippen molar-refractivity contribution in [1.82, 2.24) is 4.90 Å². The van der Waals surface area contributed by atoms with E-state index in [1.54, 1.807) is 36.4 Å². The summed E-state index contributed by atoms with van der Waals surface area (Å²) < 4.78 is 31.5. The number of benzene rings is 3. The second kappa shape index (κ2) is 8.78. The number of nitrogens with one attached hydrogen (secondary N) is 2. The normalized spacial score (nSPS) is 27.4. The van der Waals surface area contributed by atoms with Crippen LogP contribution in [0.15, 0.2) is 54.6 Å². The van der Waals surface area contributed by atoms with Crippen LogP contribution in [0.25, 0.3) is 0 Å². The number of hydrogen-bond acceptors (Lipinski definition) is 7. The van der Waals surface area contributed by atoms with E-state index < -0.39 is 40.5 Å². The maximum Gasteiger partial charge on any atom is 0.251 e. The highest BCUT2D eigenvalue weighted by molar-refractivity contribution is 6.21. The molecule has 2 saturated heterocycles. The summed E-state index contributed by atoms with van der Waals surface area (Å²) in [5.41, 5.74) is -1.22. The smallest absolute Gasteiger partial charge is 0.251 e. The maximum atomic E-state index is 14.9. The van der Waals surface area contributed by atoms with Crippen molar-refractivity contribution < 1.29 is 33.0 Å². The second-order valence-corrected chi connectivity index (χ2v) is 10.8. The summed E-state index contributed by atoms with van der Waals surface area (Å²) in [5.74, 6) is -1.86. The van der Waals surface area contributed by atoms with E-state index in [0.29, 0.717) is 59.1 Å². The van der Waals surface area contributed by atoms with Gasteiger partial charge in [-0.1, -0.05) is 18.2 Å². The van der Waals surface area contributed by atoms with Gasteiger partial charge in [0.1, 0.15) is 16.8 Å². The van der Waals surface area contributed by atoms with Crippen molar-refractivity contribution in [2.24, 2.45) is 5.92 Å². The zero-order chi connectivity index (χ0) is 28.7. The Kier molecular flexibility index (Phi) is 5.46. The number of ether oxygens (including phenoxy) is 3. The Morgan fingerprint density at radius 3 is 2.29 bits per heavy atom. The van der Waals surface area contributed by atoms with Crippen LogP contribution < -0.4 is 24.8 Å². The number of Topliss-reactive ketones (excluding diaryl/α,β-unsaturated/α-hetero) is 1. The van der Waals surface area contributed by atoms with Crippen molar-refractivity contribution in [2.75, 3.05) is 38.5 Å². The van der Waals surface area contributed by atoms with E-state index in [1.165, 1.54) is 39.5 Å². The van der Waals surface area contributed by atoms with E-state index in [9.17, 15) is 18.8 Å². The second-order valence-electron chi connectivity index (χ2n) is 10.8. The summed E-state index contributed by atoms with van der Waals surface area (Å²) in [5, 5.41) is 5.90. The topological polar surface area (TPSA) is 106 Å². The highest BCUT2D eigenvalue weighted by Crippen LogP contribution is 2.68. The monoisotopic (exact) mass is 557 g/mol. The Hall–Kier alpha value is -4.44. The summed E-state index contributed by atoms with van der Waals surface area (Å²) in [6.45, 7) is 0.463. The zero-order valence-electron chi connectivity index (χ0n) is 22.7. The average molecular weight is 558 g/mol. The van der Waals surface area contributed by atoms with Crippen LogP contribution in [0.1, 0.15) is 34.3 Å². The Balaban J connectivity index is 1.55. The van der Waals surface area contributed by atoms with Gasteiger partial charge in [-0.15, -0.1) is 0 Å². The molecule has 7 rings (SSSR count). The fourth-order valence-electron chi connectivity index (χ4n) is 7.95. The lowest BCUT2D eigenvalue weighted by Crippen LogP contribution is -2.62. The van der Waals surface area contributed by atoms with E-state index >= 15 is 0 Å². The van der Waals surface area contributed by atoms with Crippen LogP contribution in [0.4, 0.5) is 15.8 Å². The summed E-state index contributed by atoms with van der Waals surface area (Å²) in [4.78, 5) is 45.8. The van der Waals surface area contributed by atoms with E-state index in [-0.39, 0.29) is 11.3 Å². The lowest BCUT2D eigenvalue weighted by atomic mass is 9.57. The molecule has 2 fully saturated rings. The molecule has 9 nitrogen and oxygen atoms in total. The Bertz CT molecular complexity index is 1630. The van der Waals surface area contributed by atoms with Crippen molar-refractivity contribution in [1.29, 1.82) is 0 Å². The number of anilines is 2. The van der Waals surface area contributed by atoms with Gasteiger partial charge in [0.2, 0.25) is 11.7 Å². The third-order valence-electron chi connectivity index (χ3n) is 9.29. The fraction of sp³-hybridized carbons (Fsp3) is 0.323. The van der Waals surface area contributed by atoms with Gasteiger partial charge in [0, 0.05) is 28.5 Å². The number of hydrogen-bond donors (Lipinski definition) is 2. The molecule has 4 atom stereocenters. The third kappa shape index (κ3) is 2.95. The Morgan fingerprint density at radius 1 is 0.902 bits per heavy atom. The minimum Gasteiger partial charge on any atom is -0.493 e. The number of nitrogens with zero attached hydrogens (tertiary/aromatic N) is 1. The first-order valence-corrected chi connectivity index (χ1v) is 13.5. The van der Waals surface area contributed by atoms with Gasteiger partial charge in [-0.25, -0.2) is 4.39 Å². The zero-order valence-corrected chi connectivity index (χ0v) is 22.7. The standard InChI is InChI=1S/C31H28FN3O6/c1-39-23-13-16(14-24(40-2)27(23)41-3)26(36)25-22-9-6-12-35(22)31(19-15-17(32)10-11-21(19)34-29(31)38)30(25)18-7-4-5-8-20(18)33-28(30)37/h4-5,7-8,10-11,13-15,22,25H,6,9,12H2,1-3H3,(H,33,37)(H,34,38). The SMILES string of the molecule is COc1cc(C(=O)C2C3CCCN3C3(C(=O)Nc4ccc(F)cc43)C23C(=O)Nc2ccccc23)cc(OC)c1OC. The molecule has 3 aromatic carbocycles. The van der Waals surface area contributed by atoms with Crippen LogP contribution in [0.5, 0.6) is 17.2 Å². The largest absolute Gasteiger partial charge is 0.493 e. The first-order valence-electron chi connectivity index (χ1n) is 13.5. The molecule has 0 aliphatic carbocycles. The number of fused-ring (bicyclic) bond motifs is 7. The molecule has 4 heterocycles. The predicted molar refractivity (Wildman–Crippen MR) is 147 cm³/mol. The van der Waals surface area contributed by atoms with Crippen molar-refractivity contribution in [3.05, 3.63) is 77.1 Å². The van der Waals surface area contributed by atoms with Gasteiger partial charge in [0.25, 0.3) is 5.91 Å². The van der Waals surface area contributed by atoms with Crippen LogP contribution >= 0.6 is 0 Å². The molecule has 4 aliphatic heterocycles. The molecule has 0 saturated carbocycles. The van der Waals surface area contributed by atoms with Gasteiger partial charge in [-0.05, 0) is 61.3 Å². The van der Waals surface area contributed by atoms with E-state index in [0.717, 1.165) is 0 Å². The minimum absolute atomic E-state index is 0.253. The van der Waals surface area contributed by atoms with Crippen molar-refractivity contribution in [2.45, 2.75) is 29.8 Å². The fourth-order valence-corrected chi connectivity index (χ4v) is 7.95. The number of methoxy groups -OCH3 is 3. The van der Waals surface area contributed by atoms with Gasteiger partial charge < -0.3 is 24.8 Å². The number of carbonyl (C=O) groups is 3. The molecular weight excluding hydrogens is 529 g/mol. The van der Waals surface area contributed by atoms with E-state index in [1.807, 2.05) is 4.90 Å². The molecule has 41 heavy (non-hydrogen) atoms. The van der Waals surface area contributed by atoms with Gasteiger partial charge >= 0.3 is 0 Å². The third-order valence-corrected chi connectivity index (χ3v) is 9.29. The van der Waals surface area contributed by atoms with E-state index in [2.05, 4.69) is 10.6 Å². The van der Waals surface area contributed by atoms with Crippen molar-refractivity contribution in [3.63, 3.8) is 0 Å². The Labute approximate surface area is 235 Å². The lowest BCUT2D eigenvalue weighted by Gasteiger charge is -2.43. The molecule has 2 amide bonds. The van der Waals surface area contributed by atoms with Crippen LogP contribution in [0, 0.1) is 11.7 Å². The molecule has 4 aliphatic rings. The van der Waals surface area contributed by atoms with Gasteiger partial charge in [-0.3, -0.25) is 19.3 Å². The summed E-state index contributed by atoms with van der Waals surface area (Å²) in [6.07, 6.45) is 1.29. The highest BCUT2D eigenvalue weighted by Gasteiger charge is 2.81. The number of para-hydroxylation sites is 1. The number of halogens is 1. The minimum atomic E-state index is -1.69. The molecule has 0 radical (unpaired) electrons. The quantitative estimate of drug-likeness (QED) is 0.459. The van der Waals surface area contributed by atoms with Gasteiger partial charge in [-0.2, -0.15) is 0 Å². The predicted octanol–water partition coefficient (Wildman–Crippen LogP) is 3.87. The summed E-state index contributed by atoms with van der Waals surface area (Å²) >= 11 is 0. The molecule has 3 aromatic rings. The highest BCUT2D eigenvalue weighted by atomic mass is 19.1. The lowest BCUT2D eigenvalue weighted by molar-refractivity contribution is -0.137. The number of carbonyl (C=O) groups excluding carboxylic acids is 3. The number of rotatable bonds is 5. The van der Waals surface area contributed by atoms with E-state index in [4.69, 9.17) is 14.2 Å². The first kappa shape index (κ1) is 25.5. The molecule has 0 bridgehead atoms. The molecule has 2 spiro atoms. The molecule has 0 aromatic heterocycles. The first-order chi connectivity index (χ1) is 19.8. The maximum absolute atomic E-state index is 14.9. The molecule has 210 valence electrons. The number of ketones is 1. The van der Waals surface area contributed by atoms with Crippen molar-refractivity contribution >= 4 is 29.0 Å². The Morgan fingerprint density at radius 2 is 1.59 bits per heavy atom. The van der Waals surface area contributed by atoms with Crippen LogP contribution in [-0.4, -0.2) is 56.4 Å². The average Bonchev–Trinajstić information content (AvgIpc) is 3.70. The molecule has 4 unspecified atom stereocenters. The van der Waals surface area contributed by atoms with Crippen molar-refractivity contribution in [3.8, 4) is 17.2 Å². The van der Waals surface area contributed by atoms with Crippen LogP contribution in [0.3, 0.4) is 0 Å². The number of amides is 2. The molecule has 2 N–H and O–H groups in total. The van der Waals surface area contributed by atoms with Crippen LogP contribution in [-0.2, 0) is 20.5 Å². The van der Waals surface area contributed by atoms with Gasteiger partial charge in [0.15, 0.2) is 17.3 Å². The summed E-state index contributed by atoms with van der Waals surface area (Å²) in [7, 11) is 4.40. The summed E-state index contributed by atoms with van der Waals surface area (Å²) in [6, 6.07) is 13.9.